The lowest BCUT2D eigenvalue weighted by Gasteiger charge is -2.09. The predicted octanol–water partition coefficient (Wildman–Crippen LogP) is 8.82. The summed E-state index contributed by atoms with van der Waals surface area (Å²) in [6.07, 6.45) is 0. The summed E-state index contributed by atoms with van der Waals surface area (Å²) in [5.74, 6) is 0. The lowest BCUT2D eigenvalue weighted by molar-refractivity contribution is 1.18. The van der Waals surface area contributed by atoms with Crippen LogP contribution in [0.5, 0.6) is 0 Å². The Bertz CT molecular complexity index is 1710. The summed E-state index contributed by atoms with van der Waals surface area (Å²) in [5, 5.41) is 5.27. The highest BCUT2D eigenvalue weighted by molar-refractivity contribution is 7.25. The smallest absolute Gasteiger partial charge is 0.0541 e. The number of fused-ring (bicyclic) bond motifs is 6. The van der Waals surface area contributed by atoms with Crippen LogP contribution in [-0.4, -0.2) is 4.57 Å². The summed E-state index contributed by atoms with van der Waals surface area (Å²) in [5.41, 5.74) is 6.18. The van der Waals surface area contributed by atoms with E-state index >= 15 is 0 Å². The molecule has 0 spiro atoms. The van der Waals surface area contributed by atoms with Crippen molar-refractivity contribution < 1.29 is 0 Å². The molecule has 1 nitrogen and oxygen atoms in total. The van der Waals surface area contributed by atoms with Gasteiger partial charge in [0.05, 0.1) is 11.0 Å². The van der Waals surface area contributed by atoms with Gasteiger partial charge in [-0.15, -0.1) is 11.3 Å². The molecule has 0 saturated heterocycles. The molecule has 2 aromatic heterocycles. The van der Waals surface area contributed by atoms with E-state index in [0.717, 1.165) is 0 Å². The average molecular weight is 426 g/mol. The summed E-state index contributed by atoms with van der Waals surface area (Å²) in [7, 11) is 0. The van der Waals surface area contributed by atoms with Crippen molar-refractivity contribution in [2.75, 3.05) is 0 Å². The fourth-order valence-corrected chi connectivity index (χ4v) is 6.00. The Morgan fingerprint density at radius 3 is 1.72 bits per heavy atom. The molecule has 7 rings (SSSR count). The number of para-hydroxylation sites is 2. The van der Waals surface area contributed by atoms with Gasteiger partial charge in [0.2, 0.25) is 0 Å². The maximum Gasteiger partial charge on any atom is 0.0541 e. The molecule has 0 aliphatic carbocycles. The van der Waals surface area contributed by atoms with Gasteiger partial charge in [0.1, 0.15) is 0 Å². The van der Waals surface area contributed by atoms with Crippen LogP contribution < -0.4 is 0 Å². The minimum atomic E-state index is 1.19. The van der Waals surface area contributed by atoms with Crippen LogP contribution in [0.2, 0.25) is 0 Å². The number of hydrogen-bond acceptors (Lipinski definition) is 1. The Morgan fingerprint density at radius 1 is 0.438 bits per heavy atom. The highest BCUT2D eigenvalue weighted by Crippen LogP contribution is 2.37. The molecule has 2 heterocycles. The van der Waals surface area contributed by atoms with Crippen LogP contribution in [0.25, 0.3) is 58.8 Å². The van der Waals surface area contributed by atoms with E-state index in [0.29, 0.717) is 0 Å². The zero-order valence-electron chi connectivity index (χ0n) is 17.3. The first kappa shape index (κ1) is 17.8. The van der Waals surface area contributed by atoms with E-state index in [9.17, 15) is 0 Å². The maximum atomic E-state index is 2.37. The van der Waals surface area contributed by atoms with Gasteiger partial charge >= 0.3 is 0 Å². The molecule has 0 aliphatic heterocycles. The van der Waals surface area contributed by atoms with Gasteiger partial charge in [-0.3, -0.25) is 0 Å². The van der Waals surface area contributed by atoms with Gasteiger partial charge in [0.25, 0.3) is 0 Å². The second-order valence-corrected chi connectivity index (χ2v) is 9.31. The van der Waals surface area contributed by atoms with Crippen molar-refractivity contribution >= 4 is 53.3 Å². The van der Waals surface area contributed by atoms with E-state index < -0.39 is 0 Å². The van der Waals surface area contributed by atoms with E-state index in [1.807, 2.05) is 11.3 Å². The Hall–Kier alpha value is -3.88. The predicted molar refractivity (Wildman–Crippen MR) is 139 cm³/mol. The van der Waals surface area contributed by atoms with Crippen LogP contribution >= 0.6 is 11.3 Å². The highest BCUT2D eigenvalue weighted by Gasteiger charge is 2.12. The van der Waals surface area contributed by atoms with Gasteiger partial charge in [-0.1, -0.05) is 72.8 Å². The molecule has 0 aliphatic rings. The summed E-state index contributed by atoms with van der Waals surface area (Å²) < 4.78 is 5.06. The second-order valence-electron chi connectivity index (χ2n) is 8.23. The van der Waals surface area contributed by atoms with E-state index in [2.05, 4.69) is 120 Å². The molecule has 0 radical (unpaired) electrons. The van der Waals surface area contributed by atoms with Gasteiger partial charge in [-0.2, -0.15) is 0 Å². The molecule has 0 saturated carbocycles. The highest BCUT2D eigenvalue weighted by atomic mass is 32.1. The van der Waals surface area contributed by atoms with Gasteiger partial charge in [0.15, 0.2) is 0 Å². The first-order chi connectivity index (χ1) is 15.9. The van der Waals surface area contributed by atoms with E-state index in [4.69, 9.17) is 0 Å². The molecule has 32 heavy (non-hydrogen) atoms. The van der Waals surface area contributed by atoms with Crippen molar-refractivity contribution in [3.8, 4) is 16.8 Å². The number of benzene rings is 5. The van der Waals surface area contributed by atoms with Crippen molar-refractivity contribution in [1.82, 2.24) is 4.57 Å². The van der Waals surface area contributed by atoms with Crippen molar-refractivity contribution in [3.63, 3.8) is 0 Å². The van der Waals surface area contributed by atoms with Crippen LogP contribution in [0.15, 0.2) is 115 Å². The fraction of sp³-hybridized carbons (Fsp3) is 0. The van der Waals surface area contributed by atoms with Crippen molar-refractivity contribution in [3.05, 3.63) is 115 Å². The number of thiophene rings is 1. The Morgan fingerprint density at radius 2 is 1.00 bits per heavy atom. The summed E-state index contributed by atoms with van der Waals surface area (Å²) in [4.78, 5) is 0. The Balaban J connectivity index is 1.38. The Labute approximate surface area is 189 Å². The van der Waals surface area contributed by atoms with E-state index in [1.165, 1.54) is 58.8 Å². The van der Waals surface area contributed by atoms with E-state index in [-0.39, 0.29) is 0 Å². The molecule has 0 amide bonds. The van der Waals surface area contributed by atoms with Crippen LogP contribution in [0.1, 0.15) is 0 Å². The molecule has 0 fully saturated rings. The normalized spacial score (nSPS) is 11.8. The minimum Gasteiger partial charge on any atom is -0.309 e. The molecule has 0 atom stereocenters. The van der Waals surface area contributed by atoms with Crippen LogP contribution in [0.3, 0.4) is 0 Å². The summed E-state index contributed by atoms with van der Waals surface area (Å²) in [6, 6.07) is 41.8. The SMILES string of the molecule is c1ccc2c(c1)sc1ccc(-c3ccc(-n4c5ccccc5c5ccccc54)cc3)cc12. The molecular weight excluding hydrogens is 406 g/mol. The second kappa shape index (κ2) is 6.81. The van der Waals surface area contributed by atoms with Crippen molar-refractivity contribution in [2.24, 2.45) is 0 Å². The lowest BCUT2D eigenvalue weighted by Crippen LogP contribution is -1.93. The van der Waals surface area contributed by atoms with Gasteiger partial charge < -0.3 is 4.57 Å². The molecule has 0 bridgehead atoms. The van der Waals surface area contributed by atoms with Crippen LogP contribution in [-0.2, 0) is 0 Å². The number of hydrogen-bond donors (Lipinski definition) is 0. The monoisotopic (exact) mass is 425 g/mol. The van der Waals surface area contributed by atoms with Crippen molar-refractivity contribution in [2.45, 2.75) is 0 Å². The summed E-state index contributed by atoms with van der Waals surface area (Å²) in [6.45, 7) is 0. The Kier molecular flexibility index (Phi) is 3.78. The maximum absolute atomic E-state index is 2.37. The van der Waals surface area contributed by atoms with E-state index in [1.54, 1.807) is 0 Å². The lowest BCUT2D eigenvalue weighted by atomic mass is 10.0. The largest absolute Gasteiger partial charge is 0.309 e. The number of rotatable bonds is 2. The molecule has 7 aromatic rings. The third kappa shape index (κ3) is 2.57. The van der Waals surface area contributed by atoms with Crippen LogP contribution in [0.4, 0.5) is 0 Å². The number of nitrogens with zero attached hydrogens (tertiary/aromatic N) is 1. The van der Waals surface area contributed by atoms with Gasteiger partial charge in [-0.05, 0) is 53.6 Å². The van der Waals surface area contributed by atoms with Gasteiger partial charge in [-0.25, -0.2) is 0 Å². The topological polar surface area (TPSA) is 4.93 Å². The third-order valence-electron chi connectivity index (χ3n) is 6.42. The zero-order valence-corrected chi connectivity index (χ0v) is 18.1. The minimum absolute atomic E-state index is 1.19. The quantitative estimate of drug-likeness (QED) is 0.261. The van der Waals surface area contributed by atoms with Gasteiger partial charge in [0, 0.05) is 36.6 Å². The molecule has 0 unspecified atom stereocenters. The zero-order chi connectivity index (χ0) is 21.1. The number of aromatic nitrogens is 1. The van der Waals surface area contributed by atoms with Crippen LogP contribution in [0, 0.1) is 0 Å². The molecular formula is C30H19NS. The summed E-state index contributed by atoms with van der Waals surface area (Å²) >= 11 is 1.87. The first-order valence-electron chi connectivity index (χ1n) is 10.9. The third-order valence-corrected chi connectivity index (χ3v) is 7.57. The molecule has 0 N–H and O–H groups in total. The molecule has 2 heteroatoms. The molecule has 5 aromatic carbocycles. The van der Waals surface area contributed by atoms with Crippen molar-refractivity contribution in [1.29, 1.82) is 0 Å². The average Bonchev–Trinajstić information content (AvgIpc) is 3.40. The first-order valence-corrected chi connectivity index (χ1v) is 11.7. The standard InChI is InChI=1S/C30H19NS/c1-4-10-27-23(7-1)24-8-2-5-11-28(24)31(27)22-16-13-20(14-17-22)21-15-18-30-26(19-21)25-9-3-6-12-29(25)32-30/h1-19H. The molecule has 150 valence electrons. The fourth-order valence-electron chi connectivity index (χ4n) is 4.91.